The predicted molar refractivity (Wildman–Crippen MR) is 230 cm³/mol. The summed E-state index contributed by atoms with van der Waals surface area (Å²) in [5.41, 5.74) is -0.806. The summed E-state index contributed by atoms with van der Waals surface area (Å²) < 4.78 is 54.7. The van der Waals surface area contributed by atoms with Gasteiger partial charge in [0.2, 0.25) is 0 Å². The van der Waals surface area contributed by atoms with Crippen LogP contribution in [0.5, 0.6) is 0 Å². The number of likely N-dealkylation sites (N-methyl/N-ethyl adjacent to an activating group) is 1. The summed E-state index contributed by atoms with van der Waals surface area (Å²) in [6.45, 7) is 13.6. The van der Waals surface area contributed by atoms with Crippen LogP contribution in [0.15, 0.2) is 23.8 Å². The number of esters is 1. The molecule has 0 radical (unpaired) electrons. The fourth-order valence-electron chi connectivity index (χ4n) is 9.51. The number of carbonyl (C=O) groups excluding carboxylic acids is 3. The molecular weight excluding hydrogens is 838 g/mol. The molecule has 4 heterocycles. The first kappa shape index (κ1) is 54.3. The van der Waals surface area contributed by atoms with Crippen LogP contribution in [0.2, 0.25) is 0 Å². The Labute approximate surface area is 378 Å². The molecule has 0 amide bonds. The molecule has 0 aromatic carbocycles. The van der Waals surface area contributed by atoms with Crippen molar-refractivity contribution in [2.45, 2.75) is 191 Å². The number of methoxy groups -OCH3 is 2. The summed E-state index contributed by atoms with van der Waals surface area (Å²) in [6.07, 6.45) is -8.49. The van der Waals surface area contributed by atoms with Crippen molar-refractivity contribution >= 4 is 18.0 Å². The fourth-order valence-corrected chi connectivity index (χ4v) is 9.51. The number of ether oxygens (including phenoxy) is 9. The van der Waals surface area contributed by atoms with Gasteiger partial charge in [0.1, 0.15) is 49.0 Å². The van der Waals surface area contributed by atoms with Gasteiger partial charge in [-0.05, 0) is 73.5 Å². The highest BCUT2D eigenvalue weighted by molar-refractivity contribution is 5.91. The molecule has 64 heavy (non-hydrogen) atoms. The van der Waals surface area contributed by atoms with Crippen molar-refractivity contribution in [3.05, 3.63) is 23.8 Å². The smallest absolute Gasteiger partial charge is 0.308 e. The zero-order valence-corrected chi connectivity index (χ0v) is 39.7. The van der Waals surface area contributed by atoms with Crippen LogP contribution >= 0.6 is 0 Å². The topological polar surface area (TPSA) is 239 Å². The second-order valence-corrected chi connectivity index (χ2v) is 18.7. The number of aliphatic hydroxyl groups excluding tert-OH is 4. The summed E-state index contributed by atoms with van der Waals surface area (Å²) >= 11 is 0. The molecular formula is C46H77NO17. The van der Waals surface area contributed by atoms with Gasteiger partial charge in [0.15, 0.2) is 24.7 Å². The molecule has 0 spiro atoms. The minimum absolute atomic E-state index is 0.00788. The Kier molecular flexibility index (Phi) is 20.5. The molecule has 3 saturated heterocycles. The molecule has 0 aromatic rings. The summed E-state index contributed by atoms with van der Waals surface area (Å²) in [5.74, 6) is -3.59. The first-order valence-corrected chi connectivity index (χ1v) is 22.7. The van der Waals surface area contributed by atoms with Crippen molar-refractivity contribution in [1.29, 1.82) is 0 Å². The number of aldehydes is 1. The van der Waals surface area contributed by atoms with Crippen LogP contribution < -0.4 is 0 Å². The second-order valence-electron chi connectivity index (χ2n) is 18.7. The van der Waals surface area contributed by atoms with Crippen LogP contribution in [0.1, 0.15) is 87.5 Å². The highest BCUT2D eigenvalue weighted by Crippen LogP contribution is 2.37. The standard InChI is InChI=1S/C46H77NO17/c1-13-33-30(22-58-45-42(57-12)41(56-11)37(52)26(5)60-45)18-23(2)14-15-31(49)24(3)19-29(16-17-48)39(25(4)32(50)20-34(51)62-33)64-44-38(53)36(47(9)10)40(27(6)61-44)63-35-21-46(8,55)43(54)28(7)59-35/h14-15,17-18,24-30,32-33,35-45,50,52-55H,13,16,19-22H2,1-12H3/t24?,25?,26?,27?,28?,29?,30?,32?,33?,35?,36?,37?,38?,39?,40?,41?,42?,43?,44?,45?,46-/m1/s1. The Morgan fingerprint density at radius 3 is 2.11 bits per heavy atom. The van der Waals surface area contributed by atoms with Crippen LogP contribution in [0, 0.1) is 23.7 Å². The lowest BCUT2D eigenvalue weighted by atomic mass is 9.79. The number of allylic oxidation sites excluding steroid dienone is 3. The number of hydrogen-bond donors (Lipinski definition) is 5. The van der Waals surface area contributed by atoms with Gasteiger partial charge in [0.25, 0.3) is 0 Å². The molecule has 0 aromatic heterocycles. The normalized spacial score (nSPS) is 44.6. The third kappa shape index (κ3) is 13.5. The summed E-state index contributed by atoms with van der Waals surface area (Å²) in [4.78, 5) is 41.5. The minimum atomic E-state index is -1.49. The van der Waals surface area contributed by atoms with Crippen molar-refractivity contribution in [3.63, 3.8) is 0 Å². The van der Waals surface area contributed by atoms with Crippen molar-refractivity contribution in [2.75, 3.05) is 34.9 Å². The molecule has 18 nitrogen and oxygen atoms in total. The van der Waals surface area contributed by atoms with Crippen LogP contribution in [-0.2, 0) is 57.0 Å². The van der Waals surface area contributed by atoms with E-state index in [1.54, 1.807) is 59.7 Å². The van der Waals surface area contributed by atoms with Crippen molar-refractivity contribution < 1.29 is 82.5 Å². The molecule has 4 aliphatic rings. The van der Waals surface area contributed by atoms with Crippen LogP contribution in [0.3, 0.4) is 0 Å². The molecule has 4 rings (SSSR count). The van der Waals surface area contributed by atoms with E-state index in [4.69, 9.17) is 42.6 Å². The maximum Gasteiger partial charge on any atom is 0.308 e. The first-order valence-electron chi connectivity index (χ1n) is 22.7. The molecule has 0 bridgehead atoms. The van der Waals surface area contributed by atoms with Crippen LogP contribution in [0.25, 0.3) is 0 Å². The SMILES string of the molecule is CCC1OC(=O)CC(O)C(C)C(OC2OC(C)C(OC3C[C@@](C)(O)C(O)C(C)O3)C(N(C)C)C2O)C(CC=O)CC(C)C(=O)C=CC(C)=CC1COC1OC(C)C(O)C(OC)C1OC. The van der Waals surface area contributed by atoms with E-state index in [2.05, 4.69) is 0 Å². The second kappa shape index (κ2) is 24.1. The molecule has 0 aliphatic carbocycles. The third-order valence-electron chi connectivity index (χ3n) is 13.4. The number of rotatable bonds is 13. The molecule has 18 heteroatoms. The van der Waals surface area contributed by atoms with Gasteiger partial charge in [-0.25, -0.2) is 0 Å². The minimum Gasteiger partial charge on any atom is -0.462 e. The lowest BCUT2D eigenvalue weighted by Gasteiger charge is -2.50. The Balaban J connectivity index is 1.62. The molecule has 20 unspecified atom stereocenters. The fraction of sp³-hybridized carbons (Fsp3) is 0.848. The van der Waals surface area contributed by atoms with Crippen LogP contribution in [-0.4, -0.2) is 187 Å². The zero-order valence-electron chi connectivity index (χ0n) is 39.7. The van der Waals surface area contributed by atoms with Gasteiger partial charge in [0, 0.05) is 44.8 Å². The molecule has 3 fully saturated rings. The average Bonchev–Trinajstić information content (AvgIpc) is 3.23. The quantitative estimate of drug-likeness (QED) is 0.131. The van der Waals surface area contributed by atoms with E-state index >= 15 is 0 Å². The van der Waals surface area contributed by atoms with E-state index in [-0.39, 0.29) is 31.7 Å². The van der Waals surface area contributed by atoms with Gasteiger partial charge in [-0.3, -0.25) is 9.59 Å². The van der Waals surface area contributed by atoms with Crippen molar-refractivity contribution in [3.8, 4) is 0 Å². The molecule has 4 aliphatic heterocycles. The van der Waals surface area contributed by atoms with E-state index in [9.17, 15) is 39.9 Å². The van der Waals surface area contributed by atoms with Crippen molar-refractivity contribution in [2.24, 2.45) is 23.7 Å². The number of ketones is 1. The number of aliphatic hydroxyl groups is 5. The maximum absolute atomic E-state index is 13.8. The molecule has 21 atom stereocenters. The Morgan fingerprint density at radius 2 is 1.52 bits per heavy atom. The van der Waals surface area contributed by atoms with Gasteiger partial charge in [0.05, 0.1) is 55.2 Å². The van der Waals surface area contributed by atoms with E-state index in [1.807, 2.05) is 19.9 Å². The predicted octanol–water partition coefficient (Wildman–Crippen LogP) is 1.83. The van der Waals surface area contributed by atoms with E-state index in [1.165, 1.54) is 27.2 Å². The summed E-state index contributed by atoms with van der Waals surface area (Å²) in [5, 5.41) is 55.8. The van der Waals surface area contributed by atoms with Gasteiger partial charge in [-0.2, -0.15) is 0 Å². The monoisotopic (exact) mass is 916 g/mol. The van der Waals surface area contributed by atoms with Crippen molar-refractivity contribution in [1.82, 2.24) is 4.90 Å². The number of carbonyl (C=O) groups is 3. The molecule has 0 saturated carbocycles. The Hall–Kier alpha value is -2.27. The largest absolute Gasteiger partial charge is 0.462 e. The third-order valence-corrected chi connectivity index (χ3v) is 13.4. The molecule has 368 valence electrons. The van der Waals surface area contributed by atoms with Gasteiger partial charge in [-0.15, -0.1) is 0 Å². The maximum atomic E-state index is 13.8. The highest BCUT2D eigenvalue weighted by atomic mass is 16.7. The Bertz CT molecular complexity index is 1560. The van der Waals surface area contributed by atoms with Gasteiger partial charge >= 0.3 is 5.97 Å². The number of nitrogens with zero attached hydrogens (tertiary/aromatic N) is 1. The highest BCUT2D eigenvalue weighted by Gasteiger charge is 2.52. The Morgan fingerprint density at radius 1 is 0.859 bits per heavy atom. The molecule has 5 N–H and O–H groups in total. The lowest BCUT2D eigenvalue weighted by Crippen LogP contribution is -2.65. The van der Waals surface area contributed by atoms with E-state index in [0.717, 1.165) is 6.29 Å². The van der Waals surface area contributed by atoms with Gasteiger partial charge in [-0.1, -0.05) is 38.5 Å². The number of cyclic esters (lactones) is 1. The zero-order chi connectivity index (χ0) is 47.8. The number of hydrogen-bond acceptors (Lipinski definition) is 18. The van der Waals surface area contributed by atoms with Gasteiger partial charge < -0.3 is 77.9 Å². The van der Waals surface area contributed by atoms with Crippen LogP contribution in [0.4, 0.5) is 0 Å². The summed E-state index contributed by atoms with van der Waals surface area (Å²) in [6, 6.07) is -0.748. The summed E-state index contributed by atoms with van der Waals surface area (Å²) in [7, 11) is 6.43. The van der Waals surface area contributed by atoms with E-state index < -0.39 is 140 Å². The average molecular weight is 916 g/mol. The van der Waals surface area contributed by atoms with E-state index in [0.29, 0.717) is 12.0 Å². The first-order chi connectivity index (χ1) is 30.1. The lowest BCUT2D eigenvalue weighted by molar-refractivity contribution is -0.341.